The zero-order valence-corrected chi connectivity index (χ0v) is 7.60. The van der Waals surface area contributed by atoms with Gasteiger partial charge in [-0.15, -0.1) is 0 Å². The van der Waals surface area contributed by atoms with E-state index < -0.39 is 0 Å². The Morgan fingerprint density at radius 3 is 2.85 bits per heavy atom. The van der Waals surface area contributed by atoms with Crippen LogP contribution in [0.4, 0.5) is 10.1 Å². The maximum absolute atomic E-state index is 12.9. The summed E-state index contributed by atoms with van der Waals surface area (Å²) in [5.41, 5.74) is 2.00. The highest BCUT2D eigenvalue weighted by atomic mass is 19.1. The van der Waals surface area contributed by atoms with E-state index in [9.17, 15) is 4.39 Å². The molecule has 1 heterocycles. The van der Waals surface area contributed by atoms with E-state index in [2.05, 4.69) is 10.6 Å². The summed E-state index contributed by atoms with van der Waals surface area (Å²) in [6.45, 7) is 3.92. The van der Waals surface area contributed by atoms with Crippen molar-refractivity contribution in [3.05, 3.63) is 29.6 Å². The van der Waals surface area contributed by atoms with Gasteiger partial charge in [0.25, 0.3) is 0 Å². The third kappa shape index (κ3) is 1.80. The summed E-state index contributed by atoms with van der Waals surface area (Å²) >= 11 is 0. The fraction of sp³-hybridized carbons (Fsp3) is 0.400. The fourth-order valence-electron chi connectivity index (χ4n) is 1.36. The van der Waals surface area contributed by atoms with Crippen molar-refractivity contribution < 1.29 is 4.39 Å². The molecule has 0 unspecified atom stereocenters. The van der Waals surface area contributed by atoms with Gasteiger partial charge in [-0.05, 0) is 24.6 Å². The Hall–Kier alpha value is -1.09. The quantitative estimate of drug-likeness (QED) is 0.721. The van der Waals surface area contributed by atoms with Crippen LogP contribution in [-0.4, -0.2) is 19.1 Å². The maximum Gasteiger partial charge on any atom is 0.125 e. The van der Waals surface area contributed by atoms with Gasteiger partial charge in [-0.1, -0.05) is 6.07 Å². The second-order valence-electron chi connectivity index (χ2n) is 3.46. The molecule has 1 aliphatic rings. The Morgan fingerprint density at radius 2 is 2.23 bits per heavy atom. The third-order valence-electron chi connectivity index (χ3n) is 2.34. The van der Waals surface area contributed by atoms with Gasteiger partial charge in [0.05, 0.1) is 6.04 Å². The summed E-state index contributed by atoms with van der Waals surface area (Å²) in [6.07, 6.45) is 0. The number of aryl methyl sites for hydroxylation is 1. The van der Waals surface area contributed by atoms with E-state index in [1.807, 2.05) is 6.92 Å². The average Bonchev–Trinajstić information content (AvgIpc) is 2.03. The molecule has 0 amide bonds. The first-order valence-corrected chi connectivity index (χ1v) is 4.49. The van der Waals surface area contributed by atoms with E-state index in [-0.39, 0.29) is 5.82 Å². The van der Waals surface area contributed by atoms with Gasteiger partial charge < -0.3 is 10.6 Å². The molecule has 0 radical (unpaired) electrons. The van der Waals surface area contributed by atoms with Gasteiger partial charge in [0.1, 0.15) is 5.82 Å². The highest BCUT2D eigenvalue weighted by Gasteiger charge is 2.16. The molecule has 1 aromatic rings. The first-order valence-electron chi connectivity index (χ1n) is 4.49. The van der Waals surface area contributed by atoms with E-state index in [0.29, 0.717) is 6.04 Å². The average molecular weight is 180 g/mol. The Balaban J connectivity index is 2.13. The lowest BCUT2D eigenvalue weighted by molar-refractivity contribution is 0.471. The predicted octanol–water partition coefficient (Wildman–Crippen LogP) is 1.52. The molecule has 0 bridgehead atoms. The number of anilines is 1. The minimum atomic E-state index is -0.180. The standard InChI is InChI=1S/C10H13FN2/c1-7-2-3-8(11)4-10(7)13-9-5-12-6-9/h2-4,9,12-13H,5-6H2,1H3. The molecule has 0 aromatic heterocycles. The van der Waals surface area contributed by atoms with E-state index in [1.165, 1.54) is 6.07 Å². The van der Waals surface area contributed by atoms with Crippen molar-refractivity contribution in [1.29, 1.82) is 0 Å². The van der Waals surface area contributed by atoms with Gasteiger partial charge in [0.2, 0.25) is 0 Å². The molecule has 1 aliphatic heterocycles. The zero-order chi connectivity index (χ0) is 9.26. The Labute approximate surface area is 77.2 Å². The lowest BCUT2D eigenvalue weighted by Crippen LogP contribution is -2.51. The van der Waals surface area contributed by atoms with Gasteiger partial charge >= 0.3 is 0 Å². The smallest absolute Gasteiger partial charge is 0.125 e. The largest absolute Gasteiger partial charge is 0.379 e. The summed E-state index contributed by atoms with van der Waals surface area (Å²) < 4.78 is 12.9. The van der Waals surface area contributed by atoms with Crippen molar-refractivity contribution in [3.8, 4) is 0 Å². The molecule has 0 saturated carbocycles. The number of hydrogen-bond donors (Lipinski definition) is 2. The molecule has 13 heavy (non-hydrogen) atoms. The highest BCUT2D eigenvalue weighted by Crippen LogP contribution is 2.17. The van der Waals surface area contributed by atoms with Crippen molar-refractivity contribution in [3.63, 3.8) is 0 Å². The molecule has 3 heteroatoms. The van der Waals surface area contributed by atoms with Gasteiger partial charge in [0, 0.05) is 18.8 Å². The maximum atomic E-state index is 12.9. The van der Waals surface area contributed by atoms with Gasteiger partial charge in [-0.2, -0.15) is 0 Å². The van der Waals surface area contributed by atoms with Gasteiger partial charge in [-0.3, -0.25) is 0 Å². The molecule has 0 atom stereocenters. The lowest BCUT2D eigenvalue weighted by Gasteiger charge is -2.29. The number of hydrogen-bond acceptors (Lipinski definition) is 2. The van der Waals surface area contributed by atoms with Crippen LogP contribution in [0.2, 0.25) is 0 Å². The normalized spacial score (nSPS) is 16.8. The van der Waals surface area contributed by atoms with E-state index >= 15 is 0 Å². The molecule has 0 spiro atoms. The minimum Gasteiger partial charge on any atom is -0.379 e. The third-order valence-corrected chi connectivity index (χ3v) is 2.34. The second kappa shape index (κ2) is 3.34. The summed E-state index contributed by atoms with van der Waals surface area (Å²) in [5.74, 6) is -0.180. The van der Waals surface area contributed by atoms with Crippen molar-refractivity contribution in [1.82, 2.24) is 5.32 Å². The molecule has 1 saturated heterocycles. The topological polar surface area (TPSA) is 24.1 Å². The molecule has 2 nitrogen and oxygen atoms in total. The van der Waals surface area contributed by atoms with Crippen LogP contribution < -0.4 is 10.6 Å². The molecule has 1 aromatic carbocycles. The molecule has 70 valence electrons. The van der Waals surface area contributed by atoms with Crippen LogP contribution in [0, 0.1) is 12.7 Å². The summed E-state index contributed by atoms with van der Waals surface area (Å²) in [7, 11) is 0. The lowest BCUT2D eigenvalue weighted by atomic mass is 10.1. The van der Waals surface area contributed by atoms with Crippen molar-refractivity contribution in [2.45, 2.75) is 13.0 Å². The van der Waals surface area contributed by atoms with Crippen LogP contribution in [0.25, 0.3) is 0 Å². The predicted molar refractivity (Wildman–Crippen MR) is 51.4 cm³/mol. The molecule has 0 aliphatic carbocycles. The Morgan fingerprint density at radius 1 is 1.46 bits per heavy atom. The first-order chi connectivity index (χ1) is 6.25. The summed E-state index contributed by atoms with van der Waals surface area (Å²) in [4.78, 5) is 0. The Kier molecular flexibility index (Phi) is 2.19. The van der Waals surface area contributed by atoms with Gasteiger partial charge in [0.15, 0.2) is 0 Å². The fourth-order valence-corrected chi connectivity index (χ4v) is 1.36. The molecule has 2 N–H and O–H groups in total. The number of halogens is 1. The van der Waals surface area contributed by atoms with E-state index in [1.54, 1.807) is 12.1 Å². The second-order valence-corrected chi connectivity index (χ2v) is 3.46. The van der Waals surface area contributed by atoms with Crippen LogP contribution in [0.1, 0.15) is 5.56 Å². The van der Waals surface area contributed by atoms with E-state index in [0.717, 1.165) is 24.3 Å². The monoisotopic (exact) mass is 180 g/mol. The molecule has 2 rings (SSSR count). The van der Waals surface area contributed by atoms with Crippen LogP contribution in [-0.2, 0) is 0 Å². The summed E-state index contributed by atoms with van der Waals surface area (Å²) in [5, 5.41) is 6.44. The highest BCUT2D eigenvalue weighted by molar-refractivity contribution is 5.51. The summed E-state index contributed by atoms with van der Waals surface area (Å²) in [6, 6.07) is 5.29. The molecule has 1 fully saturated rings. The van der Waals surface area contributed by atoms with Crippen molar-refractivity contribution >= 4 is 5.69 Å². The number of nitrogens with one attached hydrogen (secondary N) is 2. The number of benzene rings is 1. The van der Waals surface area contributed by atoms with Crippen LogP contribution in [0.3, 0.4) is 0 Å². The van der Waals surface area contributed by atoms with Crippen molar-refractivity contribution in [2.24, 2.45) is 0 Å². The Bertz CT molecular complexity index is 308. The van der Waals surface area contributed by atoms with E-state index in [4.69, 9.17) is 0 Å². The SMILES string of the molecule is Cc1ccc(F)cc1NC1CNC1. The zero-order valence-electron chi connectivity index (χ0n) is 7.60. The molecular weight excluding hydrogens is 167 g/mol. The first kappa shape index (κ1) is 8.51. The number of rotatable bonds is 2. The van der Waals surface area contributed by atoms with Crippen LogP contribution >= 0.6 is 0 Å². The van der Waals surface area contributed by atoms with Crippen molar-refractivity contribution in [2.75, 3.05) is 18.4 Å². The molecular formula is C10H13FN2. The minimum absolute atomic E-state index is 0.180. The van der Waals surface area contributed by atoms with Crippen LogP contribution in [0.15, 0.2) is 18.2 Å². The van der Waals surface area contributed by atoms with Gasteiger partial charge in [-0.25, -0.2) is 4.39 Å². The van der Waals surface area contributed by atoms with Crippen LogP contribution in [0.5, 0.6) is 0 Å².